The molecule has 3 rings (SSSR count). The van der Waals surface area contributed by atoms with Gasteiger partial charge in [-0.15, -0.1) is 0 Å². The number of ether oxygens (including phenoxy) is 2. The topological polar surface area (TPSA) is 79.8 Å². The summed E-state index contributed by atoms with van der Waals surface area (Å²) in [6.07, 6.45) is 1.66. The minimum absolute atomic E-state index is 0.0468. The number of amides is 2. The average Bonchev–Trinajstić information content (AvgIpc) is 3.07. The number of aromatic hydroxyl groups is 1. The van der Waals surface area contributed by atoms with Crippen LogP contribution in [0.15, 0.2) is 42.5 Å². The van der Waals surface area contributed by atoms with Gasteiger partial charge in [-0.25, -0.2) is 4.79 Å². The van der Waals surface area contributed by atoms with Crippen LogP contribution in [0.5, 0.6) is 17.2 Å². The van der Waals surface area contributed by atoms with Crippen LogP contribution in [0.2, 0.25) is 0 Å². The third-order valence-electron chi connectivity index (χ3n) is 4.07. The summed E-state index contributed by atoms with van der Waals surface area (Å²) in [6.45, 7) is 2.64. The van der Waals surface area contributed by atoms with Crippen LogP contribution in [0, 0.1) is 0 Å². The number of nitrogens with one attached hydrogen (secondary N) is 2. The highest BCUT2D eigenvalue weighted by atomic mass is 16.7. The first-order valence-corrected chi connectivity index (χ1v) is 8.31. The van der Waals surface area contributed by atoms with Gasteiger partial charge in [-0.2, -0.15) is 0 Å². The molecule has 0 fully saturated rings. The van der Waals surface area contributed by atoms with E-state index in [4.69, 9.17) is 9.47 Å². The number of phenols is 1. The van der Waals surface area contributed by atoms with Crippen molar-refractivity contribution in [3.8, 4) is 17.2 Å². The highest BCUT2D eigenvalue weighted by Crippen LogP contribution is 2.32. The highest BCUT2D eigenvalue weighted by molar-refractivity contribution is 5.74. The molecule has 0 aliphatic carbocycles. The molecule has 0 saturated carbocycles. The summed E-state index contributed by atoms with van der Waals surface area (Å²) in [7, 11) is 0. The van der Waals surface area contributed by atoms with Gasteiger partial charge in [0.1, 0.15) is 5.75 Å². The maximum atomic E-state index is 12.0. The Morgan fingerprint density at radius 3 is 2.64 bits per heavy atom. The zero-order valence-electron chi connectivity index (χ0n) is 14.1. The first-order valence-electron chi connectivity index (χ1n) is 8.31. The van der Waals surface area contributed by atoms with Crippen molar-refractivity contribution in [2.75, 3.05) is 6.79 Å². The second-order valence-corrected chi connectivity index (χ2v) is 6.12. The molecule has 0 radical (unpaired) electrons. The summed E-state index contributed by atoms with van der Waals surface area (Å²) in [5, 5.41) is 15.1. The Morgan fingerprint density at radius 1 is 1.12 bits per heavy atom. The van der Waals surface area contributed by atoms with Gasteiger partial charge >= 0.3 is 6.03 Å². The van der Waals surface area contributed by atoms with Crippen LogP contribution in [-0.2, 0) is 13.0 Å². The summed E-state index contributed by atoms with van der Waals surface area (Å²) in [5.74, 6) is 1.70. The zero-order valence-corrected chi connectivity index (χ0v) is 14.1. The molecule has 6 nitrogen and oxygen atoms in total. The Kier molecular flexibility index (Phi) is 5.28. The van der Waals surface area contributed by atoms with Crippen molar-refractivity contribution in [3.63, 3.8) is 0 Å². The van der Waals surface area contributed by atoms with Crippen molar-refractivity contribution in [1.82, 2.24) is 10.6 Å². The van der Waals surface area contributed by atoms with Crippen LogP contribution in [0.3, 0.4) is 0 Å². The van der Waals surface area contributed by atoms with Crippen LogP contribution < -0.4 is 20.1 Å². The van der Waals surface area contributed by atoms with Gasteiger partial charge in [-0.3, -0.25) is 0 Å². The molecule has 1 aliphatic rings. The molecule has 2 amide bonds. The van der Waals surface area contributed by atoms with Crippen molar-refractivity contribution >= 4 is 6.03 Å². The van der Waals surface area contributed by atoms with E-state index in [1.807, 2.05) is 37.3 Å². The standard InChI is InChI=1S/C19H22N2O4/c1-13(2-3-14-4-7-16(22)8-5-14)21-19(23)20-11-15-6-9-17-18(10-15)25-12-24-17/h4-10,13,22H,2-3,11-12H2,1H3,(H2,20,21,23)/t13-/m1/s1. The van der Waals surface area contributed by atoms with Crippen LogP contribution >= 0.6 is 0 Å². The zero-order chi connectivity index (χ0) is 17.6. The molecule has 0 bridgehead atoms. The quantitative estimate of drug-likeness (QED) is 0.754. The van der Waals surface area contributed by atoms with E-state index >= 15 is 0 Å². The predicted molar refractivity (Wildman–Crippen MR) is 93.8 cm³/mol. The van der Waals surface area contributed by atoms with Gasteiger partial charge in [0.15, 0.2) is 11.5 Å². The molecule has 132 valence electrons. The first-order chi connectivity index (χ1) is 12.1. The lowest BCUT2D eigenvalue weighted by molar-refractivity contribution is 0.174. The summed E-state index contributed by atoms with van der Waals surface area (Å²) < 4.78 is 10.6. The van der Waals surface area contributed by atoms with Gasteiger partial charge in [0.2, 0.25) is 6.79 Å². The SMILES string of the molecule is C[C@H](CCc1ccc(O)cc1)NC(=O)NCc1ccc2c(c1)OCO2. The molecule has 1 atom stereocenters. The number of fused-ring (bicyclic) bond motifs is 1. The smallest absolute Gasteiger partial charge is 0.315 e. The third kappa shape index (κ3) is 4.79. The molecule has 0 unspecified atom stereocenters. The van der Waals surface area contributed by atoms with E-state index in [1.165, 1.54) is 0 Å². The fraction of sp³-hybridized carbons (Fsp3) is 0.316. The minimum atomic E-state index is -0.198. The second kappa shape index (κ2) is 7.79. The van der Waals surface area contributed by atoms with Crippen molar-refractivity contribution in [1.29, 1.82) is 0 Å². The number of hydrogen-bond acceptors (Lipinski definition) is 4. The third-order valence-corrected chi connectivity index (χ3v) is 4.07. The van der Waals surface area contributed by atoms with E-state index in [1.54, 1.807) is 12.1 Å². The lowest BCUT2D eigenvalue weighted by Gasteiger charge is -2.15. The number of phenolic OH excluding ortho intramolecular Hbond substituents is 1. The van der Waals surface area contributed by atoms with Gasteiger partial charge in [-0.1, -0.05) is 18.2 Å². The minimum Gasteiger partial charge on any atom is -0.508 e. The fourth-order valence-electron chi connectivity index (χ4n) is 2.63. The van der Waals surface area contributed by atoms with E-state index in [9.17, 15) is 9.90 Å². The normalized spacial score (nSPS) is 13.3. The maximum Gasteiger partial charge on any atom is 0.315 e. The summed E-state index contributed by atoms with van der Waals surface area (Å²) in [4.78, 5) is 12.0. The highest BCUT2D eigenvalue weighted by Gasteiger charge is 2.13. The Labute approximate surface area is 146 Å². The molecule has 0 spiro atoms. The molecule has 3 N–H and O–H groups in total. The van der Waals surface area contributed by atoms with E-state index in [0.29, 0.717) is 12.3 Å². The second-order valence-electron chi connectivity index (χ2n) is 6.12. The Hall–Kier alpha value is -2.89. The summed E-state index contributed by atoms with van der Waals surface area (Å²) in [6, 6.07) is 12.6. The number of benzene rings is 2. The molecule has 2 aromatic carbocycles. The Morgan fingerprint density at radius 2 is 1.84 bits per heavy atom. The van der Waals surface area contributed by atoms with Crippen LogP contribution in [0.25, 0.3) is 0 Å². The average molecular weight is 342 g/mol. The van der Waals surface area contributed by atoms with Crippen molar-refractivity contribution in [2.24, 2.45) is 0 Å². The van der Waals surface area contributed by atoms with Crippen LogP contribution in [-0.4, -0.2) is 24.0 Å². The monoisotopic (exact) mass is 342 g/mol. The number of carbonyl (C=O) groups is 1. The summed E-state index contributed by atoms with van der Waals surface area (Å²) in [5.41, 5.74) is 2.09. The van der Waals surface area contributed by atoms with E-state index in [0.717, 1.165) is 29.7 Å². The molecular weight excluding hydrogens is 320 g/mol. The van der Waals surface area contributed by atoms with E-state index in [2.05, 4.69) is 10.6 Å². The van der Waals surface area contributed by atoms with Gasteiger partial charge in [-0.05, 0) is 55.2 Å². The molecule has 6 heteroatoms. The number of urea groups is 1. The molecular formula is C19H22N2O4. The molecule has 25 heavy (non-hydrogen) atoms. The van der Waals surface area contributed by atoms with E-state index < -0.39 is 0 Å². The van der Waals surface area contributed by atoms with Gasteiger partial charge in [0, 0.05) is 12.6 Å². The van der Waals surface area contributed by atoms with Crippen molar-refractivity contribution in [2.45, 2.75) is 32.4 Å². The number of hydrogen-bond donors (Lipinski definition) is 3. The van der Waals surface area contributed by atoms with Gasteiger partial charge < -0.3 is 25.2 Å². The van der Waals surface area contributed by atoms with E-state index in [-0.39, 0.29) is 24.6 Å². The number of aryl methyl sites for hydroxylation is 1. The maximum absolute atomic E-state index is 12.0. The summed E-state index contributed by atoms with van der Waals surface area (Å²) >= 11 is 0. The lowest BCUT2D eigenvalue weighted by atomic mass is 10.1. The number of carbonyl (C=O) groups excluding carboxylic acids is 1. The number of rotatable bonds is 6. The molecule has 0 aromatic heterocycles. The van der Waals surface area contributed by atoms with Crippen LogP contribution in [0.4, 0.5) is 4.79 Å². The fourth-order valence-corrected chi connectivity index (χ4v) is 2.63. The molecule has 2 aromatic rings. The van der Waals surface area contributed by atoms with Gasteiger partial charge in [0.25, 0.3) is 0 Å². The lowest BCUT2D eigenvalue weighted by Crippen LogP contribution is -2.40. The van der Waals surface area contributed by atoms with Crippen LogP contribution in [0.1, 0.15) is 24.5 Å². The Balaban J connectivity index is 1.40. The molecule has 1 heterocycles. The van der Waals surface area contributed by atoms with Gasteiger partial charge in [0.05, 0.1) is 0 Å². The predicted octanol–water partition coefficient (Wildman–Crippen LogP) is 2.94. The van der Waals surface area contributed by atoms with Crippen molar-refractivity contribution in [3.05, 3.63) is 53.6 Å². The largest absolute Gasteiger partial charge is 0.508 e. The van der Waals surface area contributed by atoms with Crippen molar-refractivity contribution < 1.29 is 19.4 Å². The molecule has 0 saturated heterocycles. The Bertz CT molecular complexity index is 731. The first kappa shape index (κ1) is 17.0. The molecule has 1 aliphatic heterocycles.